The molecule has 0 aromatic heterocycles. The monoisotopic (exact) mass is 265 g/mol. The average Bonchev–Trinajstić information content (AvgIpc) is 2.40. The summed E-state index contributed by atoms with van der Waals surface area (Å²) < 4.78 is 11.3. The van der Waals surface area contributed by atoms with Crippen LogP contribution in [0.3, 0.4) is 0 Å². The summed E-state index contributed by atoms with van der Waals surface area (Å²) in [7, 11) is 0. The number of benzene rings is 1. The number of nitrogens with one attached hydrogen (secondary N) is 1. The Hall–Kier alpha value is -1.06. The van der Waals surface area contributed by atoms with Crippen LogP contribution in [0.1, 0.15) is 45.7 Å². The van der Waals surface area contributed by atoms with Crippen molar-refractivity contribution in [1.82, 2.24) is 5.32 Å². The molecule has 3 nitrogen and oxygen atoms in total. The van der Waals surface area contributed by atoms with Crippen molar-refractivity contribution < 1.29 is 9.47 Å². The summed E-state index contributed by atoms with van der Waals surface area (Å²) in [6, 6.07) is 8.48. The molecule has 2 unspecified atom stereocenters. The summed E-state index contributed by atoms with van der Waals surface area (Å²) in [5.41, 5.74) is 1.22. The van der Waals surface area contributed by atoms with Gasteiger partial charge in [0.15, 0.2) is 0 Å². The van der Waals surface area contributed by atoms with Crippen molar-refractivity contribution in [3.05, 3.63) is 29.8 Å². The molecule has 3 heteroatoms. The lowest BCUT2D eigenvalue weighted by atomic mass is 10.0. The van der Waals surface area contributed by atoms with Crippen LogP contribution in [0.5, 0.6) is 5.75 Å². The van der Waals surface area contributed by atoms with Gasteiger partial charge in [-0.05, 0) is 51.4 Å². The van der Waals surface area contributed by atoms with E-state index in [9.17, 15) is 0 Å². The van der Waals surface area contributed by atoms with Crippen LogP contribution in [0.15, 0.2) is 24.3 Å². The zero-order valence-electron chi connectivity index (χ0n) is 12.6. The van der Waals surface area contributed by atoms with Gasteiger partial charge >= 0.3 is 0 Å². The maximum absolute atomic E-state index is 5.75. The van der Waals surface area contributed by atoms with Crippen molar-refractivity contribution in [2.24, 2.45) is 0 Å². The van der Waals surface area contributed by atoms with E-state index < -0.39 is 0 Å². The first kappa shape index (κ1) is 16.0. The van der Waals surface area contributed by atoms with Gasteiger partial charge in [-0.3, -0.25) is 0 Å². The van der Waals surface area contributed by atoms with E-state index in [1.165, 1.54) is 5.56 Å². The number of rotatable bonds is 9. The molecule has 1 N–H and O–H groups in total. The molecule has 0 aliphatic rings. The highest BCUT2D eigenvalue weighted by molar-refractivity contribution is 5.31. The standard InChI is InChI=1S/C16H27NO2/c1-5-11-17-16(13(4)18-6-2)14-9-8-10-15(12-14)19-7-3/h8-10,12-13,16-17H,5-7,11H2,1-4H3. The Morgan fingerprint density at radius 3 is 2.58 bits per heavy atom. The van der Waals surface area contributed by atoms with Gasteiger partial charge in [0.05, 0.1) is 18.8 Å². The van der Waals surface area contributed by atoms with Crippen LogP contribution >= 0.6 is 0 Å². The Labute approximate surface area is 117 Å². The van der Waals surface area contributed by atoms with Gasteiger partial charge in [0.2, 0.25) is 0 Å². The zero-order chi connectivity index (χ0) is 14.1. The quantitative estimate of drug-likeness (QED) is 0.740. The minimum Gasteiger partial charge on any atom is -0.494 e. The lowest BCUT2D eigenvalue weighted by Gasteiger charge is -2.26. The predicted molar refractivity (Wildman–Crippen MR) is 79.7 cm³/mol. The fraction of sp³-hybridized carbons (Fsp3) is 0.625. The highest BCUT2D eigenvalue weighted by Crippen LogP contribution is 2.23. The molecular formula is C16H27NO2. The van der Waals surface area contributed by atoms with Crippen LogP contribution in [0.2, 0.25) is 0 Å². The number of hydrogen-bond donors (Lipinski definition) is 1. The smallest absolute Gasteiger partial charge is 0.119 e. The van der Waals surface area contributed by atoms with Crippen LogP contribution in [-0.2, 0) is 4.74 Å². The Balaban J connectivity index is 2.85. The molecular weight excluding hydrogens is 238 g/mol. The van der Waals surface area contributed by atoms with Gasteiger partial charge in [-0.25, -0.2) is 0 Å². The predicted octanol–water partition coefficient (Wildman–Crippen LogP) is 3.55. The average molecular weight is 265 g/mol. The van der Waals surface area contributed by atoms with Gasteiger partial charge in [-0.1, -0.05) is 19.1 Å². The Kier molecular flexibility index (Phi) is 7.53. The number of hydrogen-bond acceptors (Lipinski definition) is 3. The third-order valence-electron chi connectivity index (χ3n) is 3.04. The maximum Gasteiger partial charge on any atom is 0.119 e. The van der Waals surface area contributed by atoms with E-state index in [1.54, 1.807) is 0 Å². The van der Waals surface area contributed by atoms with Gasteiger partial charge in [0.25, 0.3) is 0 Å². The van der Waals surface area contributed by atoms with E-state index in [1.807, 2.05) is 26.0 Å². The molecule has 0 aliphatic heterocycles. The van der Waals surface area contributed by atoms with Crippen molar-refractivity contribution >= 4 is 0 Å². The second-order valence-corrected chi connectivity index (χ2v) is 4.60. The molecule has 0 amide bonds. The molecule has 1 aromatic carbocycles. The highest BCUT2D eigenvalue weighted by Gasteiger charge is 2.19. The highest BCUT2D eigenvalue weighted by atomic mass is 16.5. The first-order valence-corrected chi connectivity index (χ1v) is 7.30. The van der Waals surface area contributed by atoms with Crippen LogP contribution in [0.25, 0.3) is 0 Å². The van der Waals surface area contributed by atoms with E-state index in [-0.39, 0.29) is 12.1 Å². The van der Waals surface area contributed by atoms with Gasteiger partial charge in [0.1, 0.15) is 5.75 Å². The Morgan fingerprint density at radius 1 is 1.16 bits per heavy atom. The Bertz CT molecular complexity index is 354. The summed E-state index contributed by atoms with van der Waals surface area (Å²) in [5.74, 6) is 0.923. The van der Waals surface area contributed by atoms with E-state index in [4.69, 9.17) is 9.47 Å². The van der Waals surface area contributed by atoms with Crippen molar-refractivity contribution in [3.63, 3.8) is 0 Å². The second kappa shape index (κ2) is 8.94. The Morgan fingerprint density at radius 2 is 1.95 bits per heavy atom. The van der Waals surface area contributed by atoms with Crippen LogP contribution in [0.4, 0.5) is 0 Å². The minimum atomic E-state index is 0.147. The lowest BCUT2D eigenvalue weighted by molar-refractivity contribution is 0.0472. The van der Waals surface area contributed by atoms with E-state index in [2.05, 4.69) is 31.3 Å². The molecule has 0 aliphatic carbocycles. The summed E-state index contributed by atoms with van der Waals surface area (Å²) in [4.78, 5) is 0. The molecule has 2 atom stereocenters. The molecule has 0 spiro atoms. The van der Waals surface area contributed by atoms with Crippen molar-refractivity contribution in [2.45, 2.75) is 46.3 Å². The third-order valence-corrected chi connectivity index (χ3v) is 3.04. The first-order valence-electron chi connectivity index (χ1n) is 7.30. The second-order valence-electron chi connectivity index (χ2n) is 4.60. The molecule has 108 valence electrons. The van der Waals surface area contributed by atoms with Crippen molar-refractivity contribution in [3.8, 4) is 5.75 Å². The zero-order valence-corrected chi connectivity index (χ0v) is 12.6. The van der Waals surface area contributed by atoms with Gasteiger partial charge < -0.3 is 14.8 Å². The van der Waals surface area contributed by atoms with Crippen molar-refractivity contribution in [2.75, 3.05) is 19.8 Å². The molecule has 1 rings (SSSR count). The SMILES string of the molecule is CCCNC(c1cccc(OCC)c1)C(C)OCC. The normalized spacial score (nSPS) is 14.1. The lowest BCUT2D eigenvalue weighted by Crippen LogP contribution is -2.32. The summed E-state index contributed by atoms with van der Waals surface area (Å²) in [5, 5.41) is 3.56. The molecule has 1 aromatic rings. The molecule has 19 heavy (non-hydrogen) atoms. The van der Waals surface area contributed by atoms with Gasteiger partial charge in [-0.15, -0.1) is 0 Å². The number of ether oxygens (including phenoxy) is 2. The largest absolute Gasteiger partial charge is 0.494 e. The molecule has 0 heterocycles. The van der Waals surface area contributed by atoms with Gasteiger partial charge in [-0.2, -0.15) is 0 Å². The third kappa shape index (κ3) is 5.21. The fourth-order valence-corrected chi connectivity index (χ4v) is 2.18. The van der Waals surface area contributed by atoms with Crippen molar-refractivity contribution in [1.29, 1.82) is 0 Å². The molecule has 0 saturated heterocycles. The van der Waals surface area contributed by atoms with Crippen LogP contribution in [-0.4, -0.2) is 25.9 Å². The van der Waals surface area contributed by atoms with Gasteiger partial charge in [0, 0.05) is 6.61 Å². The summed E-state index contributed by atoms with van der Waals surface area (Å²) >= 11 is 0. The maximum atomic E-state index is 5.75. The van der Waals surface area contributed by atoms with E-state index in [0.29, 0.717) is 6.61 Å². The minimum absolute atomic E-state index is 0.147. The van der Waals surface area contributed by atoms with E-state index >= 15 is 0 Å². The fourth-order valence-electron chi connectivity index (χ4n) is 2.18. The topological polar surface area (TPSA) is 30.5 Å². The van der Waals surface area contributed by atoms with Crippen LogP contribution < -0.4 is 10.1 Å². The van der Waals surface area contributed by atoms with E-state index in [0.717, 1.165) is 25.3 Å². The first-order chi connectivity index (χ1) is 9.22. The summed E-state index contributed by atoms with van der Waals surface area (Å²) in [6.45, 7) is 10.7. The summed E-state index contributed by atoms with van der Waals surface area (Å²) in [6.07, 6.45) is 1.26. The molecule has 0 radical (unpaired) electrons. The van der Waals surface area contributed by atoms with Crippen LogP contribution in [0, 0.1) is 0 Å². The molecule has 0 bridgehead atoms. The molecule has 0 saturated carbocycles. The molecule has 0 fully saturated rings.